The van der Waals surface area contributed by atoms with Crippen LogP contribution in [0.1, 0.15) is 36.7 Å². The van der Waals surface area contributed by atoms with Crippen LogP contribution in [0.2, 0.25) is 10.0 Å². The molecular formula is C21H20Cl2NO+. The van der Waals surface area contributed by atoms with Crippen LogP contribution in [0.15, 0.2) is 54.7 Å². The predicted molar refractivity (Wildman–Crippen MR) is 104 cm³/mol. The van der Waals surface area contributed by atoms with E-state index in [1.165, 1.54) is 5.56 Å². The van der Waals surface area contributed by atoms with Crippen molar-refractivity contribution >= 4 is 39.9 Å². The summed E-state index contributed by atoms with van der Waals surface area (Å²) in [5.74, 6) is 0.0501. The lowest BCUT2D eigenvalue weighted by molar-refractivity contribution is -0.657. The van der Waals surface area contributed by atoms with E-state index >= 15 is 0 Å². The number of fused-ring (bicyclic) bond motifs is 1. The maximum atomic E-state index is 12.7. The Labute approximate surface area is 158 Å². The molecule has 2 aromatic carbocycles. The summed E-state index contributed by atoms with van der Waals surface area (Å²) in [4.78, 5) is 12.7. The van der Waals surface area contributed by atoms with Crippen molar-refractivity contribution in [2.24, 2.45) is 0 Å². The molecule has 3 aromatic rings. The number of aromatic nitrogens is 1. The molecule has 0 amide bonds. The molecule has 3 rings (SSSR count). The second-order valence-electron chi connectivity index (χ2n) is 7.20. The first-order chi connectivity index (χ1) is 11.8. The maximum Gasteiger partial charge on any atom is 0.227 e. The molecule has 0 atom stereocenters. The molecule has 25 heavy (non-hydrogen) atoms. The minimum absolute atomic E-state index is 0.0501. The Kier molecular flexibility index (Phi) is 4.86. The summed E-state index contributed by atoms with van der Waals surface area (Å²) < 4.78 is 1.88. The molecule has 0 aliphatic rings. The molecule has 128 valence electrons. The second kappa shape index (κ2) is 6.78. The molecule has 4 heteroatoms. The summed E-state index contributed by atoms with van der Waals surface area (Å²) in [7, 11) is 0. The summed E-state index contributed by atoms with van der Waals surface area (Å²) >= 11 is 12.4. The van der Waals surface area contributed by atoms with Gasteiger partial charge < -0.3 is 0 Å². The highest BCUT2D eigenvalue weighted by Gasteiger charge is 2.19. The first-order valence-corrected chi connectivity index (χ1v) is 8.92. The van der Waals surface area contributed by atoms with E-state index in [-0.39, 0.29) is 17.7 Å². The van der Waals surface area contributed by atoms with E-state index in [0.717, 1.165) is 10.9 Å². The molecule has 0 bridgehead atoms. The number of rotatable bonds is 3. The van der Waals surface area contributed by atoms with Crippen molar-refractivity contribution in [1.82, 2.24) is 0 Å². The average molecular weight is 373 g/mol. The van der Waals surface area contributed by atoms with Gasteiger partial charge in [-0.3, -0.25) is 4.79 Å². The Bertz CT molecular complexity index is 941. The fourth-order valence-electron chi connectivity index (χ4n) is 2.81. The van der Waals surface area contributed by atoms with E-state index in [9.17, 15) is 4.79 Å². The van der Waals surface area contributed by atoms with Crippen LogP contribution in [0.3, 0.4) is 0 Å². The fraction of sp³-hybridized carbons (Fsp3) is 0.238. The first-order valence-electron chi connectivity index (χ1n) is 8.17. The van der Waals surface area contributed by atoms with Gasteiger partial charge in [0.2, 0.25) is 17.8 Å². The molecule has 0 saturated carbocycles. The topological polar surface area (TPSA) is 20.9 Å². The minimum Gasteiger partial charge on any atom is -0.287 e. The van der Waals surface area contributed by atoms with Crippen LogP contribution in [0, 0.1) is 0 Å². The number of hydrogen-bond donors (Lipinski definition) is 0. The Morgan fingerprint density at radius 3 is 2.32 bits per heavy atom. The molecule has 0 aliphatic carbocycles. The lowest BCUT2D eigenvalue weighted by Crippen LogP contribution is -2.38. The van der Waals surface area contributed by atoms with Gasteiger partial charge in [-0.15, -0.1) is 0 Å². The zero-order valence-electron chi connectivity index (χ0n) is 14.5. The van der Waals surface area contributed by atoms with Gasteiger partial charge in [-0.2, -0.15) is 4.57 Å². The zero-order valence-corrected chi connectivity index (χ0v) is 16.0. The largest absolute Gasteiger partial charge is 0.287 e. The van der Waals surface area contributed by atoms with Gasteiger partial charge in [0.25, 0.3) is 0 Å². The smallest absolute Gasteiger partial charge is 0.227 e. The Morgan fingerprint density at radius 1 is 1.00 bits per heavy atom. The van der Waals surface area contributed by atoms with Crippen molar-refractivity contribution in [3.05, 3.63) is 75.9 Å². The highest BCUT2D eigenvalue weighted by Crippen LogP contribution is 2.24. The highest BCUT2D eigenvalue weighted by atomic mass is 35.5. The van der Waals surface area contributed by atoms with E-state index in [4.69, 9.17) is 23.2 Å². The number of halogens is 2. The molecule has 2 nitrogen and oxygen atoms in total. The molecule has 0 fully saturated rings. The summed E-state index contributed by atoms with van der Waals surface area (Å²) in [6, 6.07) is 15.1. The number of benzene rings is 2. The van der Waals surface area contributed by atoms with Crippen molar-refractivity contribution < 1.29 is 9.36 Å². The van der Waals surface area contributed by atoms with Gasteiger partial charge in [0.05, 0.1) is 10.4 Å². The van der Waals surface area contributed by atoms with Gasteiger partial charge >= 0.3 is 0 Å². The van der Waals surface area contributed by atoms with Crippen LogP contribution < -0.4 is 4.57 Å². The van der Waals surface area contributed by atoms with Gasteiger partial charge in [0.15, 0.2) is 6.20 Å². The van der Waals surface area contributed by atoms with Gasteiger partial charge in [0, 0.05) is 22.7 Å². The Hall–Kier alpha value is -1.90. The van der Waals surface area contributed by atoms with Crippen LogP contribution in [0.4, 0.5) is 0 Å². The molecule has 1 heterocycles. The van der Waals surface area contributed by atoms with Crippen LogP contribution in [0.25, 0.3) is 10.9 Å². The third-order valence-corrected chi connectivity index (χ3v) is 4.88. The summed E-state index contributed by atoms with van der Waals surface area (Å²) in [5, 5.41) is 2.14. The molecule has 0 aliphatic heterocycles. The second-order valence-corrected chi connectivity index (χ2v) is 8.05. The van der Waals surface area contributed by atoms with E-state index in [1.807, 2.05) is 47.2 Å². The third kappa shape index (κ3) is 3.86. The van der Waals surface area contributed by atoms with Gasteiger partial charge in [0.1, 0.15) is 0 Å². The van der Waals surface area contributed by atoms with Crippen molar-refractivity contribution in [3.8, 4) is 0 Å². The van der Waals surface area contributed by atoms with E-state index in [2.05, 4.69) is 20.8 Å². The van der Waals surface area contributed by atoms with Crippen molar-refractivity contribution in [1.29, 1.82) is 0 Å². The number of pyridine rings is 1. The molecule has 1 aromatic heterocycles. The monoisotopic (exact) mass is 372 g/mol. The fourth-order valence-corrected chi connectivity index (χ4v) is 3.19. The van der Waals surface area contributed by atoms with Crippen molar-refractivity contribution in [2.75, 3.05) is 0 Å². The minimum atomic E-state index is 0.0501. The number of Topliss-reactive ketones (excluding diaryl/α,β-unsaturated/α-hetero) is 1. The number of carbonyl (C=O) groups is 1. The normalized spacial score (nSPS) is 11.7. The number of carbonyl (C=O) groups excluding carboxylic acids is 1. The van der Waals surface area contributed by atoms with Crippen LogP contribution in [-0.4, -0.2) is 5.78 Å². The van der Waals surface area contributed by atoms with Gasteiger partial charge in [-0.25, -0.2) is 0 Å². The summed E-state index contributed by atoms with van der Waals surface area (Å²) in [5.41, 5.74) is 2.82. The quantitative estimate of drug-likeness (QED) is 0.432. The maximum absolute atomic E-state index is 12.7. The Morgan fingerprint density at radius 2 is 1.68 bits per heavy atom. The third-order valence-electron chi connectivity index (χ3n) is 4.31. The lowest BCUT2D eigenvalue weighted by Gasteiger charge is -2.18. The molecule has 0 saturated heterocycles. The van der Waals surface area contributed by atoms with Crippen LogP contribution >= 0.6 is 23.2 Å². The summed E-state index contributed by atoms with van der Waals surface area (Å²) in [6.07, 6.45) is 1.82. The zero-order chi connectivity index (χ0) is 18.2. The van der Waals surface area contributed by atoms with Gasteiger partial charge in [-0.05, 0) is 23.1 Å². The Balaban J connectivity index is 1.92. The predicted octanol–water partition coefficient (Wildman–Crippen LogP) is 5.61. The lowest BCUT2D eigenvalue weighted by atomic mass is 9.86. The molecule has 0 unspecified atom stereocenters. The number of ketones is 1. The van der Waals surface area contributed by atoms with Crippen molar-refractivity contribution in [2.45, 2.75) is 32.7 Å². The molecule has 0 radical (unpaired) electrons. The average Bonchev–Trinajstić information content (AvgIpc) is 2.56. The number of nitrogens with zero attached hydrogens (tertiary/aromatic N) is 1. The number of hydrogen-bond acceptors (Lipinski definition) is 1. The van der Waals surface area contributed by atoms with Crippen LogP contribution in [0.5, 0.6) is 0 Å². The standard InChI is InChI=1S/C21H20Cl2NO/c1-21(2,3)15-6-4-14(5-7-15)20(25)13-24-11-10-18(23)17-9-8-16(22)12-19(17)24/h4-12H,13H2,1-3H3/q+1. The van der Waals surface area contributed by atoms with E-state index < -0.39 is 0 Å². The molecule has 0 spiro atoms. The SMILES string of the molecule is CC(C)(C)c1ccc(C(=O)C[n+]2ccc(Cl)c3ccc(Cl)cc32)cc1. The molecular weight excluding hydrogens is 353 g/mol. The van der Waals surface area contributed by atoms with Gasteiger partial charge in [-0.1, -0.05) is 68.2 Å². The first kappa shape index (κ1) is 17.9. The van der Waals surface area contributed by atoms with Crippen LogP contribution in [-0.2, 0) is 12.0 Å². The highest BCUT2D eigenvalue weighted by molar-refractivity contribution is 6.35. The molecule has 0 N–H and O–H groups in total. The summed E-state index contributed by atoms with van der Waals surface area (Å²) in [6.45, 7) is 6.71. The van der Waals surface area contributed by atoms with E-state index in [1.54, 1.807) is 12.1 Å². The van der Waals surface area contributed by atoms with Crippen molar-refractivity contribution in [3.63, 3.8) is 0 Å². The van der Waals surface area contributed by atoms with E-state index in [0.29, 0.717) is 15.6 Å².